The quantitative estimate of drug-likeness (QED) is 0.888. The predicted molar refractivity (Wildman–Crippen MR) is 79.1 cm³/mol. The van der Waals surface area contributed by atoms with Crippen molar-refractivity contribution in [2.24, 2.45) is 11.8 Å². The topological polar surface area (TPSA) is 78.6 Å². The van der Waals surface area contributed by atoms with Gasteiger partial charge in [0.1, 0.15) is 5.52 Å². The fourth-order valence-corrected chi connectivity index (χ4v) is 2.76. The molecule has 1 fully saturated rings. The first-order valence-electron chi connectivity index (χ1n) is 7.11. The zero-order valence-corrected chi connectivity index (χ0v) is 12.2. The first kappa shape index (κ1) is 13.9. The maximum Gasteiger partial charge on any atom is 0.321 e. The third kappa shape index (κ3) is 2.71. The molecule has 2 aromatic rings. The van der Waals surface area contributed by atoms with E-state index in [9.17, 15) is 9.90 Å². The standard InChI is InChI=1S/C15H19N3O3/c1-9-6-18(7-11(9)8-19)15(20)17-12-3-4-13-14(5-12)21-10(2)16-13/h3-5,9,11,19H,6-8H2,1-2H3,(H,17,20)/t9-,11+/m1/s1. The van der Waals surface area contributed by atoms with Crippen LogP contribution in [-0.4, -0.2) is 40.7 Å². The van der Waals surface area contributed by atoms with Crippen molar-refractivity contribution < 1.29 is 14.3 Å². The molecule has 2 amide bonds. The number of carbonyl (C=O) groups is 1. The third-order valence-electron chi connectivity index (χ3n) is 4.04. The number of aryl methyl sites for hydroxylation is 1. The number of oxazole rings is 1. The van der Waals surface area contributed by atoms with E-state index in [1.807, 2.05) is 12.1 Å². The Kier molecular flexibility index (Phi) is 3.55. The van der Waals surface area contributed by atoms with E-state index < -0.39 is 0 Å². The minimum atomic E-state index is -0.145. The molecule has 6 heteroatoms. The molecular formula is C15H19N3O3. The molecule has 1 aromatic carbocycles. The first-order chi connectivity index (χ1) is 10.1. The Morgan fingerprint density at radius 1 is 1.52 bits per heavy atom. The van der Waals surface area contributed by atoms with Gasteiger partial charge in [0.2, 0.25) is 0 Å². The number of nitrogens with one attached hydrogen (secondary N) is 1. The van der Waals surface area contributed by atoms with Crippen LogP contribution in [0.3, 0.4) is 0 Å². The van der Waals surface area contributed by atoms with Crippen LogP contribution >= 0.6 is 0 Å². The van der Waals surface area contributed by atoms with E-state index in [4.69, 9.17) is 4.42 Å². The van der Waals surface area contributed by atoms with Crippen LogP contribution in [0.1, 0.15) is 12.8 Å². The van der Waals surface area contributed by atoms with Gasteiger partial charge in [0.25, 0.3) is 0 Å². The number of hydrogen-bond acceptors (Lipinski definition) is 4. The Hall–Kier alpha value is -2.08. The second kappa shape index (κ2) is 5.37. The molecule has 0 saturated carbocycles. The van der Waals surface area contributed by atoms with Gasteiger partial charge in [0, 0.05) is 44.3 Å². The molecule has 2 atom stereocenters. The summed E-state index contributed by atoms with van der Waals surface area (Å²) in [5.74, 6) is 1.09. The van der Waals surface area contributed by atoms with Crippen LogP contribution in [0.15, 0.2) is 22.6 Å². The van der Waals surface area contributed by atoms with Crippen molar-refractivity contribution >= 4 is 22.8 Å². The Balaban J connectivity index is 1.71. The van der Waals surface area contributed by atoms with Gasteiger partial charge in [-0.15, -0.1) is 0 Å². The van der Waals surface area contributed by atoms with Crippen LogP contribution < -0.4 is 5.32 Å². The van der Waals surface area contributed by atoms with Crippen molar-refractivity contribution in [2.75, 3.05) is 25.0 Å². The van der Waals surface area contributed by atoms with Gasteiger partial charge in [-0.05, 0) is 18.1 Å². The average Bonchev–Trinajstić information content (AvgIpc) is 3.00. The molecule has 0 unspecified atom stereocenters. The summed E-state index contributed by atoms with van der Waals surface area (Å²) in [6.45, 7) is 5.22. The lowest BCUT2D eigenvalue weighted by molar-refractivity contribution is 0.202. The Morgan fingerprint density at radius 3 is 3.05 bits per heavy atom. The van der Waals surface area contributed by atoms with E-state index >= 15 is 0 Å². The summed E-state index contributed by atoms with van der Waals surface area (Å²) in [5, 5.41) is 12.1. The second-order valence-corrected chi connectivity index (χ2v) is 5.67. The molecule has 1 saturated heterocycles. The minimum absolute atomic E-state index is 0.119. The summed E-state index contributed by atoms with van der Waals surface area (Å²) in [7, 11) is 0. The highest BCUT2D eigenvalue weighted by molar-refractivity contribution is 5.91. The van der Waals surface area contributed by atoms with Crippen LogP contribution in [0.2, 0.25) is 0 Å². The molecule has 112 valence electrons. The lowest BCUT2D eigenvalue weighted by atomic mass is 10.00. The first-order valence-corrected chi connectivity index (χ1v) is 7.11. The van der Waals surface area contributed by atoms with Gasteiger partial charge in [-0.2, -0.15) is 0 Å². The van der Waals surface area contributed by atoms with Gasteiger partial charge >= 0.3 is 6.03 Å². The maximum atomic E-state index is 12.3. The number of aliphatic hydroxyl groups excluding tert-OH is 1. The highest BCUT2D eigenvalue weighted by atomic mass is 16.3. The molecule has 1 aromatic heterocycles. The van der Waals surface area contributed by atoms with Crippen molar-refractivity contribution in [3.05, 3.63) is 24.1 Å². The van der Waals surface area contributed by atoms with E-state index in [0.29, 0.717) is 36.2 Å². The number of likely N-dealkylation sites (tertiary alicyclic amines) is 1. The SMILES string of the molecule is Cc1nc2ccc(NC(=O)N3C[C@@H](CO)[C@H](C)C3)cc2o1. The largest absolute Gasteiger partial charge is 0.441 e. The van der Waals surface area contributed by atoms with E-state index in [0.717, 1.165) is 5.52 Å². The van der Waals surface area contributed by atoms with Gasteiger partial charge in [0.15, 0.2) is 11.5 Å². The zero-order valence-electron chi connectivity index (χ0n) is 12.2. The molecule has 0 spiro atoms. The number of carbonyl (C=O) groups excluding carboxylic acids is 1. The molecule has 6 nitrogen and oxygen atoms in total. The number of rotatable bonds is 2. The van der Waals surface area contributed by atoms with Crippen LogP contribution in [-0.2, 0) is 0 Å². The maximum absolute atomic E-state index is 12.3. The van der Waals surface area contributed by atoms with E-state index in [-0.39, 0.29) is 18.6 Å². The van der Waals surface area contributed by atoms with Gasteiger partial charge in [-0.25, -0.2) is 9.78 Å². The molecule has 1 aliphatic rings. The van der Waals surface area contributed by atoms with Crippen molar-refractivity contribution in [3.8, 4) is 0 Å². The minimum Gasteiger partial charge on any atom is -0.441 e. The number of aromatic nitrogens is 1. The monoisotopic (exact) mass is 289 g/mol. The second-order valence-electron chi connectivity index (χ2n) is 5.67. The molecule has 2 heterocycles. The Morgan fingerprint density at radius 2 is 2.33 bits per heavy atom. The van der Waals surface area contributed by atoms with Crippen LogP contribution in [0.5, 0.6) is 0 Å². The fraction of sp³-hybridized carbons (Fsp3) is 0.467. The lowest BCUT2D eigenvalue weighted by Gasteiger charge is -2.17. The third-order valence-corrected chi connectivity index (χ3v) is 4.04. The number of amides is 2. The fourth-order valence-electron chi connectivity index (χ4n) is 2.76. The van der Waals surface area contributed by atoms with E-state index in [1.54, 1.807) is 17.9 Å². The number of benzene rings is 1. The Bertz CT molecular complexity index is 667. The summed E-state index contributed by atoms with van der Waals surface area (Å²) < 4.78 is 5.46. The molecule has 0 aliphatic carbocycles. The number of urea groups is 1. The Labute approximate surface area is 122 Å². The van der Waals surface area contributed by atoms with Crippen molar-refractivity contribution in [1.82, 2.24) is 9.88 Å². The molecular weight excluding hydrogens is 270 g/mol. The zero-order chi connectivity index (χ0) is 15.0. The van der Waals surface area contributed by atoms with Crippen LogP contribution in [0, 0.1) is 18.8 Å². The molecule has 0 bridgehead atoms. The normalized spacial score (nSPS) is 22.0. The number of aliphatic hydroxyl groups is 1. The van der Waals surface area contributed by atoms with E-state index in [1.165, 1.54) is 0 Å². The van der Waals surface area contributed by atoms with Gasteiger partial charge in [-0.3, -0.25) is 0 Å². The predicted octanol–water partition coefficient (Wildman–Crippen LogP) is 2.23. The number of fused-ring (bicyclic) bond motifs is 1. The number of nitrogens with zero attached hydrogens (tertiary/aromatic N) is 2. The van der Waals surface area contributed by atoms with Crippen LogP contribution in [0.25, 0.3) is 11.1 Å². The van der Waals surface area contributed by atoms with Crippen LogP contribution in [0.4, 0.5) is 10.5 Å². The summed E-state index contributed by atoms with van der Waals surface area (Å²) in [4.78, 5) is 18.2. The van der Waals surface area contributed by atoms with Crippen molar-refractivity contribution in [2.45, 2.75) is 13.8 Å². The van der Waals surface area contributed by atoms with E-state index in [2.05, 4.69) is 17.2 Å². The average molecular weight is 289 g/mol. The molecule has 2 N–H and O–H groups in total. The van der Waals surface area contributed by atoms with Gasteiger partial charge in [-0.1, -0.05) is 6.92 Å². The number of hydrogen-bond donors (Lipinski definition) is 2. The molecule has 21 heavy (non-hydrogen) atoms. The molecule has 1 aliphatic heterocycles. The molecule has 0 radical (unpaired) electrons. The summed E-state index contributed by atoms with van der Waals surface area (Å²) in [6.07, 6.45) is 0. The van der Waals surface area contributed by atoms with Gasteiger partial charge < -0.3 is 19.7 Å². The van der Waals surface area contributed by atoms with Crippen molar-refractivity contribution in [3.63, 3.8) is 0 Å². The number of anilines is 1. The smallest absolute Gasteiger partial charge is 0.321 e. The summed E-state index contributed by atoms with van der Waals surface area (Å²) in [5.41, 5.74) is 2.12. The van der Waals surface area contributed by atoms with Gasteiger partial charge in [0.05, 0.1) is 0 Å². The van der Waals surface area contributed by atoms with Crippen molar-refractivity contribution in [1.29, 1.82) is 0 Å². The summed E-state index contributed by atoms with van der Waals surface area (Å²) in [6, 6.07) is 5.26. The highest BCUT2D eigenvalue weighted by Gasteiger charge is 2.31. The molecule has 3 rings (SSSR count). The summed E-state index contributed by atoms with van der Waals surface area (Å²) >= 11 is 0. The lowest BCUT2D eigenvalue weighted by Crippen LogP contribution is -2.33. The highest BCUT2D eigenvalue weighted by Crippen LogP contribution is 2.24.